The van der Waals surface area contributed by atoms with Crippen molar-refractivity contribution in [1.29, 1.82) is 0 Å². The summed E-state index contributed by atoms with van der Waals surface area (Å²) in [4.78, 5) is 3.31. The fourth-order valence-corrected chi connectivity index (χ4v) is 3.16. The third-order valence-electron chi connectivity index (χ3n) is 4.42. The molecule has 3 N–H and O–H groups in total. The van der Waals surface area contributed by atoms with Crippen LogP contribution in [0.1, 0.15) is 29.5 Å². The van der Waals surface area contributed by atoms with Gasteiger partial charge in [-0.15, -0.1) is 0 Å². The Balaban J connectivity index is 2.13. The number of H-pyrrole nitrogens is 1. The normalized spacial score (nSPS) is 12.0. The van der Waals surface area contributed by atoms with E-state index >= 15 is 0 Å². The summed E-state index contributed by atoms with van der Waals surface area (Å²) in [7, 11) is 0. The van der Waals surface area contributed by atoms with Crippen LogP contribution < -0.4 is 5.73 Å². The standard InChI is InChI=1S/C20H21F3N2/c1-13-8-9-18-17(11-13)16(7-2-3-10-24)19(25-18)14-5-4-6-15(12-14)20(21,22)23/h4-6,8-9,11-12,25H,2-3,7,10,24H2,1H3. The highest BCUT2D eigenvalue weighted by Crippen LogP contribution is 2.36. The molecule has 0 saturated heterocycles. The van der Waals surface area contributed by atoms with E-state index in [-0.39, 0.29) is 0 Å². The maximum absolute atomic E-state index is 13.1. The predicted molar refractivity (Wildman–Crippen MR) is 95.5 cm³/mol. The van der Waals surface area contributed by atoms with E-state index in [9.17, 15) is 13.2 Å². The zero-order valence-corrected chi connectivity index (χ0v) is 14.1. The van der Waals surface area contributed by atoms with E-state index in [1.165, 1.54) is 12.1 Å². The lowest BCUT2D eigenvalue weighted by molar-refractivity contribution is -0.137. The van der Waals surface area contributed by atoms with Crippen molar-refractivity contribution >= 4 is 10.9 Å². The molecular weight excluding hydrogens is 325 g/mol. The Hall–Kier alpha value is -2.27. The fraction of sp³-hybridized carbons (Fsp3) is 0.300. The molecule has 2 nitrogen and oxygen atoms in total. The molecule has 0 spiro atoms. The minimum absolute atomic E-state index is 0.562. The molecular formula is C20H21F3N2. The van der Waals surface area contributed by atoms with E-state index in [0.717, 1.165) is 53.1 Å². The van der Waals surface area contributed by atoms with E-state index in [1.807, 2.05) is 19.1 Å². The average Bonchev–Trinajstić information content (AvgIpc) is 2.92. The van der Waals surface area contributed by atoms with Crippen LogP contribution in [-0.2, 0) is 12.6 Å². The Bertz CT molecular complexity index is 878. The van der Waals surface area contributed by atoms with Gasteiger partial charge >= 0.3 is 6.18 Å². The number of hydrogen-bond acceptors (Lipinski definition) is 1. The Kier molecular flexibility index (Phi) is 4.86. The fourth-order valence-electron chi connectivity index (χ4n) is 3.16. The highest BCUT2D eigenvalue weighted by atomic mass is 19.4. The lowest BCUT2D eigenvalue weighted by Crippen LogP contribution is -2.04. The van der Waals surface area contributed by atoms with Crippen molar-refractivity contribution < 1.29 is 13.2 Å². The molecule has 0 amide bonds. The highest BCUT2D eigenvalue weighted by molar-refractivity contribution is 5.91. The molecule has 3 rings (SSSR count). The van der Waals surface area contributed by atoms with Gasteiger partial charge < -0.3 is 10.7 Å². The molecule has 0 atom stereocenters. The van der Waals surface area contributed by atoms with E-state index in [4.69, 9.17) is 5.73 Å². The average molecular weight is 346 g/mol. The largest absolute Gasteiger partial charge is 0.416 e. The number of aromatic amines is 1. The number of rotatable bonds is 5. The minimum atomic E-state index is -4.35. The van der Waals surface area contributed by atoms with Gasteiger partial charge in [-0.2, -0.15) is 13.2 Å². The van der Waals surface area contributed by atoms with Crippen molar-refractivity contribution in [2.45, 2.75) is 32.4 Å². The first kappa shape index (κ1) is 17.5. The van der Waals surface area contributed by atoms with Crippen LogP contribution in [0.5, 0.6) is 0 Å². The zero-order chi connectivity index (χ0) is 18.0. The van der Waals surface area contributed by atoms with E-state index < -0.39 is 11.7 Å². The Morgan fingerprint density at radius 1 is 1.04 bits per heavy atom. The number of halogens is 3. The number of nitrogens with two attached hydrogens (primary N) is 1. The molecule has 0 aliphatic carbocycles. The van der Waals surface area contributed by atoms with Crippen LogP contribution in [0.25, 0.3) is 22.2 Å². The lowest BCUT2D eigenvalue weighted by atomic mass is 9.98. The van der Waals surface area contributed by atoms with Gasteiger partial charge in [0.15, 0.2) is 0 Å². The van der Waals surface area contributed by atoms with Crippen molar-refractivity contribution in [2.24, 2.45) is 5.73 Å². The van der Waals surface area contributed by atoms with Crippen LogP contribution in [0.2, 0.25) is 0 Å². The molecule has 0 aliphatic rings. The van der Waals surface area contributed by atoms with Crippen LogP contribution in [0.15, 0.2) is 42.5 Å². The summed E-state index contributed by atoms with van der Waals surface area (Å²) >= 11 is 0. The van der Waals surface area contributed by atoms with Gasteiger partial charge in [0.2, 0.25) is 0 Å². The molecule has 0 unspecified atom stereocenters. The van der Waals surface area contributed by atoms with Gasteiger partial charge in [-0.1, -0.05) is 23.8 Å². The van der Waals surface area contributed by atoms with Crippen molar-refractivity contribution in [3.63, 3.8) is 0 Å². The number of benzene rings is 2. The number of alkyl halides is 3. The number of unbranched alkanes of at least 4 members (excludes halogenated alkanes) is 1. The molecule has 0 saturated carbocycles. The SMILES string of the molecule is Cc1ccc2[nH]c(-c3cccc(C(F)(F)F)c3)c(CCCCN)c2c1. The topological polar surface area (TPSA) is 41.8 Å². The molecule has 3 aromatic rings. The van der Waals surface area contributed by atoms with Crippen LogP contribution >= 0.6 is 0 Å². The second-order valence-corrected chi connectivity index (χ2v) is 6.35. The summed E-state index contributed by atoms with van der Waals surface area (Å²) in [6.45, 7) is 2.63. The van der Waals surface area contributed by atoms with E-state index in [2.05, 4.69) is 11.1 Å². The van der Waals surface area contributed by atoms with Gasteiger partial charge in [-0.25, -0.2) is 0 Å². The third-order valence-corrected chi connectivity index (χ3v) is 4.42. The molecule has 1 aromatic heterocycles. The number of nitrogens with one attached hydrogen (secondary N) is 1. The molecule has 5 heteroatoms. The van der Waals surface area contributed by atoms with Crippen LogP contribution in [0, 0.1) is 6.92 Å². The summed E-state index contributed by atoms with van der Waals surface area (Å²) < 4.78 is 39.2. The Labute approximate surface area is 144 Å². The van der Waals surface area contributed by atoms with Crippen molar-refractivity contribution in [3.8, 4) is 11.3 Å². The number of aromatic nitrogens is 1. The lowest BCUT2D eigenvalue weighted by Gasteiger charge is -2.10. The molecule has 1 heterocycles. The van der Waals surface area contributed by atoms with Crippen LogP contribution in [0.3, 0.4) is 0 Å². The van der Waals surface area contributed by atoms with Crippen LogP contribution in [0.4, 0.5) is 13.2 Å². The zero-order valence-electron chi connectivity index (χ0n) is 14.1. The van der Waals surface area contributed by atoms with Crippen molar-refractivity contribution in [1.82, 2.24) is 4.98 Å². The Morgan fingerprint density at radius 2 is 1.84 bits per heavy atom. The number of aryl methyl sites for hydroxylation is 2. The van der Waals surface area contributed by atoms with Gasteiger partial charge in [-0.05, 0) is 68.1 Å². The molecule has 2 aromatic carbocycles. The van der Waals surface area contributed by atoms with Crippen LogP contribution in [-0.4, -0.2) is 11.5 Å². The van der Waals surface area contributed by atoms with Gasteiger partial charge in [0.05, 0.1) is 5.56 Å². The first-order chi connectivity index (χ1) is 11.9. The maximum Gasteiger partial charge on any atom is 0.416 e. The van der Waals surface area contributed by atoms with Gasteiger partial charge in [0.25, 0.3) is 0 Å². The highest BCUT2D eigenvalue weighted by Gasteiger charge is 2.30. The van der Waals surface area contributed by atoms with Crippen molar-refractivity contribution in [3.05, 3.63) is 59.2 Å². The second-order valence-electron chi connectivity index (χ2n) is 6.35. The van der Waals surface area contributed by atoms with Crippen molar-refractivity contribution in [2.75, 3.05) is 6.54 Å². The predicted octanol–water partition coefficient (Wildman–Crippen LogP) is 5.44. The van der Waals surface area contributed by atoms with Gasteiger partial charge in [0.1, 0.15) is 0 Å². The van der Waals surface area contributed by atoms with E-state index in [1.54, 1.807) is 6.07 Å². The molecule has 132 valence electrons. The number of hydrogen-bond donors (Lipinski definition) is 2. The summed E-state index contributed by atoms with van der Waals surface area (Å²) in [6.07, 6.45) is -1.77. The molecule has 0 bridgehead atoms. The minimum Gasteiger partial charge on any atom is -0.354 e. The Morgan fingerprint density at radius 3 is 2.56 bits per heavy atom. The second kappa shape index (κ2) is 6.92. The van der Waals surface area contributed by atoms with Gasteiger partial charge in [-0.3, -0.25) is 0 Å². The molecule has 0 aliphatic heterocycles. The maximum atomic E-state index is 13.1. The summed E-state index contributed by atoms with van der Waals surface area (Å²) in [6, 6.07) is 11.6. The first-order valence-electron chi connectivity index (χ1n) is 8.39. The van der Waals surface area contributed by atoms with Gasteiger partial charge in [0, 0.05) is 16.6 Å². The molecule has 0 fully saturated rings. The third kappa shape index (κ3) is 3.71. The summed E-state index contributed by atoms with van der Waals surface area (Å²) in [5, 5.41) is 1.07. The van der Waals surface area contributed by atoms with E-state index in [0.29, 0.717) is 12.1 Å². The summed E-state index contributed by atoms with van der Waals surface area (Å²) in [5.74, 6) is 0. The smallest absolute Gasteiger partial charge is 0.354 e. The first-order valence-corrected chi connectivity index (χ1v) is 8.39. The molecule has 0 radical (unpaired) electrons. The summed E-state index contributed by atoms with van der Waals surface area (Å²) in [5.41, 5.74) is 9.42. The number of fused-ring (bicyclic) bond motifs is 1. The quantitative estimate of drug-likeness (QED) is 0.593. The molecule has 25 heavy (non-hydrogen) atoms. The monoisotopic (exact) mass is 346 g/mol.